The molecule has 0 saturated carbocycles. The van der Waals surface area contributed by atoms with Crippen molar-refractivity contribution in [1.82, 2.24) is 5.32 Å². The van der Waals surface area contributed by atoms with Crippen LogP contribution in [0.25, 0.3) is 0 Å². The monoisotopic (exact) mass is 465 g/mol. The number of rotatable bonds is 21. The van der Waals surface area contributed by atoms with E-state index in [0.29, 0.717) is 12.8 Å². The van der Waals surface area contributed by atoms with E-state index >= 15 is 0 Å². The fourth-order valence-electron chi connectivity index (χ4n) is 3.14. The molecule has 0 aliphatic rings. The van der Waals surface area contributed by atoms with Gasteiger partial charge in [-0.05, 0) is 19.3 Å². The lowest BCUT2D eigenvalue weighted by Crippen LogP contribution is -2.23. The number of hydrogen-bond acceptors (Lipinski definition) is 4. The van der Waals surface area contributed by atoms with Crippen molar-refractivity contribution in [2.75, 3.05) is 13.2 Å². The molecule has 0 aromatic heterocycles. The second kappa shape index (κ2) is 25.6. The molecule has 7 heteroatoms. The minimum atomic E-state index is -4.23. The summed E-state index contributed by atoms with van der Waals surface area (Å²) in [6.07, 6.45) is 20.9. The van der Waals surface area contributed by atoms with Gasteiger partial charge in [0.1, 0.15) is 0 Å². The van der Waals surface area contributed by atoms with Gasteiger partial charge < -0.3 is 5.32 Å². The maximum Gasteiger partial charge on any atom is 0.397 e. The highest BCUT2D eigenvalue weighted by Gasteiger charge is 2.02. The zero-order chi connectivity index (χ0) is 23.6. The molecule has 0 aromatic rings. The van der Waals surface area contributed by atoms with Gasteiger partial charge in [0.15, 0.2) is 0 Å². The molecule has 0 atom stereocenters. The van der Waals surface area contributed by atoms with Crippen molar-refractivity contribution >= 4 is 16.3 Å². The van der Waals surface area contributed by atoms with Gasteiger partial charge >= 0.3 is 10.4 Å². The van der Waals surface area contributed by atoms with Crippen LogP contribution in [0, 0.1) is 0 Å². The number of unbranched alkanes of at least 4 members (excludes halogenated alkanes) is 14. The van der Waals surface area contributed by atoms with Crippen molar-refractivity contribution in [1.29, 1.82) is 0 Å². The van der Waals surface area contributed by atoms with Gasteiger partial charge in [0.25, 0.3) is 0 Å². The third-order valence-corrected chi connectivity index (χ3v) is 5.55. The normalized spacial score (nSPS) is 11.1. The number of carbonyl (C=O) groups excluding carboxylic acids is 1. The van der Waals surface area contributed by atoms with E-state index in [9.17, 15) is 13.2 Å². The van der Waals surface area contributed by atoms with Gasteiger partial charge in [-0.3, -0.25) is 9.35 Å². The predicted octanol–water partition coefficient (Wildman–Crippen LogP) is 6.99. The molecule has 31 heavy (non-hydrogen) atoms. The van der Waals surface area contributed by atoms with Crippen molar-refractivity contribution in [3.05, 3.63) is 0 Å². The van der Waals surface area contributed by atoms with Gasteiger partial charge in [-0.15, -0.1) is 0 Å². The molecule has 0 fully saturated rings. The van der Waals surface area contributed by atoms with Crippen molar-refractivity contribution in [3.8, 4) is 0 Å². The van der Waals surface area contributed by atoms with Crippen LogP contribution in [0.5, 0.6) is 0 Å². The summed E-state index contributed by atoms with van der Waals surface area (Å²) in [4.78, 5) is 11.2. The Morgan fingerprint density at radius 2 is 1.10 bits per heavy atom. The lowest BCUT2D eigenvalue weighted by molar-refractivity contribution is -0.121. The number of amides is 1. The quantitative estimate of drug-likeness (QED) is 0.141. The van der Waals surface area contributed by atoms with Gasteiger partial charge in [0.2, 0.25) is 5.91 Å². The predicted molar refractivity (Wildman–Crippen MR) is 131 cm³/mol. The van der Waals surface area contributed by atoms with Gasteiger partial charge in [-0.1, -0.05) is 111 Å². The average molecular weight is 466 g/mol. The molecule has 0 aliphatic heterocycles. The first-order valence-corrected chi connectivity index (χ1v) is 14.1. The first-order valence-electron chi connectivity index (χ1n) is 12.8. The highest BCUT2D eigenvalue weighted by molar-refractivity contribution is 7.80. The van der Waals surface area contributed by atoms with Gasteiger partial charge in [-0.25, -0.2) is 4.18 Å². The number of carbonyl (C=O) groups is 1. The highest BCUT2D eigenvalue weighted by Crippen LogP contribution is 2.10. The van der Waals surface area contributed by atoms with Gasteiger partial charge in [0, 0.05) is 13.0 Å². The summed E-state index contributed by atoms with van der Waals surface area (Å²) in [5, 5.41) is 2.94. The van der Waals surface area contributed by atoms with E-state index in [1.54, 1.807) is 0 Å². The summed E-state index contributed by atoms with van der Waals surface area (Å²) in [7, 11) is -4.23. The van der Waals surface area contributed by atoms with Crippen LogP contribution >= 0.6 is 0 Å². The molecular formula is C24H51NO5S. The van der Waals surface area contributed by atoms with Crippen molar-refractivity contribution in [2.24, 2.45) is 0 Å². The van der Waals surface area contributed by atoms with E-state index in [1.165, 1.54) is 70.6 Å². The summed E-state index contributed by atoms with van der Waals surface area (Å²) in [5.74, 6) is 0.231. The van der Waals surface area contributed by atoms with Crippen molar-refractivity contribution in [2.45, 2.75) is 136 Å². The maximum absolute atomic E-state index is 11.2. The van der Waals surface area contributed by atoms with E-state index in [4.69, 9.17) is 4.55 Å². The summed E-state index contributed by atoms with van der Waals surface area (Å²) in [5.41, 5.74) is 0. The molecule has 0 spiro atoms. The Labute approximate surface area is 193 Å². The first-order chi connectivity index (χ1) is 14.9. The van der Waals surface area contributed by atoms with Crippen molar-refractivity contribution in [3.63, 3.8) is 0 Å². The van der Waals surface area contributed by atoms with E-state index < -0.39 is 10.4 Å². The summed E-state index contributed by atoms with van der Waals surface area (Å²) in [6.45, 7) is 7.50. The van der Waals surface area contributed by atoms with E-state index in [-0.39, 0.29) is 12.5 Å². The van der Waals surface area contributed by atoms with E-state index in [2.05, 4.69) is 30.3 Å². The van der Waals surface area contributed by atoms with E-state index in [1.807, 2.05) is 0 Å². The second-order valence-corrected chi connectivity index (χ2v) is 9.39. The Bertz CT molecular complexity index is 469. The van der Waals surface area contributed by atoms with Crippen LogP contribution in [-0.4, -0.2) is 32.0 Å². The topological polar surface area (TPSA) is 92.7 Å². The van der Waals surface area contributed by atoms with Crippen LogP contribution in [0.3, 0.4) is 0 Å². The smallest absolute Gasteiger partial charge is 0.356 e. The van der Waals surface area contributed by atoms with Crippen LogP contribution in [0.2, 0.25) is 0 Å². The van der Waals surface area contributed by atoms with Gasteiger partial charge in [-0.2, -0.15) is 8.42 Å². The lowest BCUT2D eigenvalue weighted by Gasteiger charge is -2.03. The zero-order valence-corrected chi connectivity index (χ0v) is 21.4. The molecule has 0 unspecified atom stereocenters. The van der Waals surface area contributed by atoms with Crippen LogP contribution < -0.4 is 5.32 Å². The second-order valence-electron chi connectivity index (χ2n) is 8.30. The lowest BCUT2D eigenvalue weighted by atomic mass is 10.1. The average Bonchev–Trinajstić information content (AvgIpc) is 2.72. The van der Waals surface area contributed by atoms with Crippen LogP contribution in [0.4, 0.5) is 0 Å². The molecule has 0 saturated heterocycles. The Kier molecular flexibility index (Phi) is 26.9. The molecule has 6 nitrogen and oxygen atoms in total. The van der Waals surface area contributed by atoms with Crippen LogP contribution in [-0.2, 0) is 19.4 Å². The largest absolute Gasteiger partial charge is 0.397 e. The SMILES string of the molecule is CCCCCCCC(=O)NCCCC.CCCCCCCCCCCCOS(=O)(=O)O. The highest BCUT2D eigenvalue weighted by atomic mass is 32.3. The molecule has 0 aromatic carbocycles. The summed E-state index contributed by atoms with van der Waals surface area (Å²) >= 11 is 0. The van der Waals surface area contributed by atoms with Crippen LogP contribution in [0.1, 0.15) is 136 Å². The summed E-state index contributed by atoms with van der Waals surface area (Å²) in [6, 6.07) is 0. The number of nitrogens with one attached hydrogen (secondary N) is 1. The Morgan fingerprint density at radius 1 is 0.677 bits per heavy atom. The minimum Gasteiger partial charge on any atom is -0.356 e. The summed E-state index contributed by atoms with van der Waals surface area (Å²) < 4.78 is 33.0. The molecule has 188 valence electrons. The van der Waals surface area contributed by atoms with Crippen molar-refractivity contribution < 1.29 is 21.9 Å². The third-order valence-electron chi connectivity index (χ3n) is 5.09. The molecule has 0 rings (SSSR count). The third kappa shape index (κ3) is 34.2. The number of hydrogen-bond donors (Lipinski definition) is 2. The maximum atomic E-state index is 11.2. The molecule has 2 N–H and O–H groups in total. The Balaban J connectivity index is 0. The molecule has 0 radical (unpaired) electrons. The van der Waals surface area contributed by atoms with Crippen LogP contribution in [0.15, 0.2) is 0 Å². The molecule has 0 bridgehead atoms. The van der Waals surface area contributed by atoms with E-state index in [0.717, 1.165) is 38.6 Å². The molecule has 0 heterocycles. The zero-order valence-electron chi connectivity index (χ0n) is 20.6. The fourth-order valence-corrected chi connectivity index (χ4v) is 3.46. The Morgan fingerprint density at radius 3 is 1.55 bits per heavy atom. The molecule has 1 amide bonds. The molecule has 0 aliphatic carbocycles. The van der Waals surface area contributed by atoms with Gasteiger partial charge in [0.05, 0.1) is 6.61 Å². The Hall–Kier alpha value is -0.660. The minimum absolute atomic E-state index is 0.0926. The first kappa shape index (κ1) is 32.5. The molecular weight excluding hydrogens is 414 g/mol. The standard InChI is InChI=1S/C12H25NO.C12H26O4S/c1-3-5-7-8-9-10-12(14)13-11-6-4-2;1-2-3-4-5-6-7-8-9-10-11-12-16-17(13,14)15/h3-11H2,1-2H3,(H,13,14);2-12H2,1H3,(H,13,14,15). The fraction of sp³-hybridized carbons (Fsp3) is 0.958.